The average Bonchev–Trinajstić information content (AvgIpc) is 3.05. The Kier molecular flexibility index (Phi) is 4.12. The molecule has 0 radical (unpaired) electrons. The van der Waals surface area contributed by atoms with Crippen LogP contribution in [0.4, 0.5) is 9.52 Å². The van der Waals surface area contributed by atoms with E-state index in [9.17, 15) is 14.0 Å². The van der Waals surface area contributed by atoms with Crippen LogP contribution < -0.4 is 5.32 Å². The molecule has 1 aromatic heterocycles. The third kappa shape index (κ3) is 3.10. The molecule has 1 aliphatic rings. The van der Waals surface area contributed by atoms with Crippen LogP contribution in [0.25, 0.3) is 0 Å². The van der Waals surface area contributed by atoms with Gasteiger partial charge in [-0.25, -0.2) is 9.37 Å². The normalized spacial score (nSPS) is 20.8. The SMILES string of the molecule is Cc1cnc(NC(=O)[C@H]2CC(=O)N(C)[C@@H]2c2ccc(F)cc2)s1. The summed E-state index contributed by atoms with van der Waals surface area (Å²) in [7, 11) is 1.66. The fourth-order valence-electron chi connectivity index (χ4n) is 2.83. The zero-order valence-corrected chi connectivity index (χ0v) is 13.6. The first-order valence-corrected chi connectivity index (χ1v) is 8.02. The summed E-state index contributed by atoms with van der Waals surface area (Å²) < 4.78 is 13.1. The summed E-state index contributed by atoms with van der Waals surface area (Å²) >= 11 is 1.38. The van der Waals surface area contributed by atoms with Crippen LogP contribution in [-0.4, -0.2) is 28.7 Å². The van der Waals surface area contributed by atoms with Gasteiger partial charge in [-0.2, -0.15) is 0 Å². The van der Waals surface area contributed by atoms with Gasteiger partial charge >= 0.3 is 0 Å². The Morgan fingerprint density at radius 1 is 1.39 bits per heavy atom. The smallest absolute Gasteiger partial charge is 0.232 e. The van der Waals surface area contributed by atoms with E-state index in [2.05, 4.69) is 10.3 Å². The predicted molar refractivity (Wildman–Crippen MR) is 85.5 cm³/mol. The van der Waals surface area contributed by atoms with Crippen LogP contribution in [-0.2, 0) is 9.59 Å². The van der Waals surface area contributed by atoms with Gasteiger partial charge < -0.3 is 10.2 Å². The number of aromatic nitrogens is 1. The zero-order chi connectivity index (χ0) is 16.6. The molecular formula is C16H16FN3O2S. The van der Waals surface area contributed by atoms with Crippen LogP contribution in [0.3, 0.4) is 0 Å². The highest BCUT2D eigenvalue weighted by Crippen LogP contribution is 2.37. The first kappa shape index (κ1) is 15.6. The lowest BCUT2D eigenvalue weighted by molar-refractivity contribution is -0.127. The van der Waals surface area contributed by atoms with Crippen molar-refractivity contribution in [2.75, 3.05) is 12.4 Å². The fourth-order valence-corrected chi connectivity index (χ4v) is 3.50. The van der Waals surface area contributed by atoms with Gasteiger partial charge in [0, 0.05) is 24.5 Å². The molecule has 0 saturated carbocycles. The van der Waals surface area contributed by atoms with Crippen LogP contribution in [0.15, 0.2) is 30.5 Å². The van der Waals surface area contributed by atoms with Crippen LogP contribution in [0.1, 0.15) is 22.9 Å². The summed E-state index contributed by atoms with van der Waals surface area (Å²) in [5.41, 5.74) is 0.746. The quantitative estimate of drug-likeness (QED) is 0.939. The zero-order valence-electron chi connectivity index (χ0n) is 12.7. The molecule has 1 aliphatic heterocycles. The maximum absolute atomic E-state index is 13.1. The van der Waals surface area contributed by atoms with Gasteiger partial charge in [-0.1, -0.05) is 12.1 Å². The van der Waals surface area contributed by atoms with E-state index in [0.29, 0.717) is 5.13 Å². The Hall–Kier alpha value is -2.28. The summed E-state index contributed by atoms with van der Waals surface area (Å²) in [4.78, 5) is 31.3. The topological polar surface area (TPSA) is 62.3 Å². The molecule has 0 bridgehead atoms. The molecule has 1 aromatic carbocycles. The Labute approximate surface area is 137 Å². The highest BCUT2D eigenvalue weighted by atomic mass is 32.1. The molecule has 2 amide bonds. The molecule has 0 unspecified atom stereocenters. The average molecular weight is 333 g/mol. The highest BCUT2D eigenvalue weighted by Gasteiger charge is 2.42. The lowest BCUT2D eigenvalue weighted by Gasteiger charge is -2.24. The molecule has 0 spiro atoms. The van der Waals surface area contributed by atoms with E-state index in [1.165, 1.54) is 23.5 Å². The Morgan fingerprint density at radius 3 is 2.70 bits per heavy atom. The molecule has 2 heterocycles. The van der Waals surface area contributed by atoms with E-state index in [0.717, 1.165) is 10.4 Å². The fraction of sp³-hybridized carbons (Fsp3) is 0.312. The van der Waals surface area contributed by atoms with Crippen molar-refractivity contribution in [3.8, 4) is 0 Å². The Bertz CT molecular complexity index is 744. The van der Waals surface area contributed by atoms with Crippen molar-refractivity contribution in [1.29, 1.82) is 0 Å². The number of halogens is 1. The van der Waals surface area contributed by atoms with Crippen molar-refractivity contribution in [3.05, 3.63) is 46.7 Å². The van der Waals surface area contributed by atoms with Gasteiger partial charge in [-0.15, -0.1) is 11.3 Å². The molecule has 0 aliphatic carbocycles. The van der Waals surface area contributed by atoms with Gasteiger partial charge in [0.05, 0.1) is 12.0 Å². The van der Waals surface area contributed by atoms with E-state index >= 15 is 0 Å². The van der Waals surface area contributed by atoms with E-state index < -0.39 is 12.0 Å². The number of nitrogens with zero attached hydrogens (tertiary/aromatic N) is 2. The van der Waals surface area contributed by atoms with E-state index in [1.807, 2.05) is 6.92 Å². The lowest BCUT2D eigenvalue weighted by Crippen LogP contribution is -2.30. The third-order valence-electron chi connectivity index (χ3n) is 3.99. The molecular weight excluding hydrogens is 317 g/mol. The van der Waals surface area contributed by atoms with Crippen LogP contribution in [0.2, 0.25) is 0 Å². The van der Waals surface area contributed by atoms with Gasteiger partial charge in [0.25, 0.3) is 0 Å². The van der Waals surface area contributed by atoms with Crippen molar-refractivity contribution in [1.82, 2.24) is 9.88 Å². The number of carbonyl (C=O) groups is 2. The number of thiazole rings is 1. The van der Waals surface area contributed by atoms with Crippen molar-refractivity contribution < 1.29 is 14.0 Å². The number of aryl methyl sites for hydroxylation is 1. The summed E-state index contributed by atoms with van der Waals surface area (Å²) in [5.74, 6) is -1.22. The van der Waals surface area contributed by atoms with Gasteiger partial charge in [0.2, 0.25) is 11.8 Å². The van der Waals surface area contributed by atoms with Crippen LogP contribution >= 0.6 is 11.3 Å². The second-order valence-electron chi connectivity index (χ2n) is 5.58. The number of carbonyl (C=O) groups excluding carboxylic acids is 2. The molecule has 2 atom stereocenters. The van der Waals surface area contributed by atoms with Crippen LogP contribution in [0, 0.1) is 18.7 Å². The van der Waals surface area contributed by atoms with Crippen LogP contribution in [0.5, 0.6) is 0 Å². The molecule has 3 rings (SSSR count). The second-order valence-corrected chi connectivity index (χ2v) is 6.81. The Morgan fingerprint density at radius 2 is 2.09 bits per heavy atom. The molecule has 1 saturated heterocycles. The third-order valence-corrected chi connectivity index (χ3v) is 4.81. The maximum atomic E-state index is 13.1. The minimum atomic E-state index is -0.526. The predicted octanol–water partition coefficient (Wildman–Crippen LogP) is 2.75. The number of nitrogens with one attached hydrogen (secondary N) is 1. The standard InChI is InChI=1S/C16H16FN3O2S/c1-9-8-18-16(23-9)19-15(22)12-7-13(21)20(2)14(12)10-3-5-11(17)6-4-10/h3-6,8,12,14H,7H2,1-2H3,(H,18,19,22)/t12-,14+/m0/s1. The second kappa shape index (κ2) is 6.08. The molecule has 120 valence electrons. The Balaban J connectivity index is 1.85. The number of anilines is 1. The molecule has 5 nitrogen and oxygen atoms in total. The largest absolute Gasteiger partial charge is 0.338 e. The van der Waals surface area contributed by atoms with Crippen molar-refractivity contribution in [2.24, 2.45) is 5.92 Å². The van der Waals surface area contributed by atoms with Gasteiger partial charge in [-0.3, -0.25) is 9.59 Å². The molecule has 2 aromatic rings. The van der Waals surface area contributed by atoms with Crippen molar-refractivity contribution in [2.45, 2.75) is 19.4 Å². The molecule has 23 heavy (non-hydrogen) atoms. The minimum Gasteiger partial charge on any atom is -0.338 e. The van der Waals surface area contributed by atoms with E-state index in [-0.39, 0.29) is 24.1 Å². The first-order chi connectivity index (χ1) is 11.0. The van der Waals surface area contributed by atoms with E-state index in [1.54, 1.807) is 30.3 Å². The monoisotopic (exact) mass is 333 g/mol. The number of amides is 2. The number of hydrogen-bond acceptors (Lipinski definition) is 4. The van der Waals surface area contributed by atoms with Crippen molar-refractivity contribution in [3.63, 3.8) is 0 Å². The maximum Gasteiger partial charge on any atom is 0.232 e. The lowest BCUT2D eigenvalue weighted by atomic mass is 9.93. The number of rotatable bonds is 3. The van der Waals surface area contributed by atoms with Gasteiger partial charge in [0.1, 0.15) is 5.82 Å². The molecule has 1 N–H and O–H groups in total. The number of likely N-dealkylation sites (tertiary alicyclic amines) is 1. The highest BCUT2D eigenvalue weighted by molar-refractivity contribution is 7.15. The molecule has 7 heteroatoms. The summed E-state index contributed by atoms with van der Waals surface area (Å²) in [6, 6.07) is 5.51. The first-order valence-electron chi connectivity index (χ1n) is 7.20. The van der Waals surface area contributed by atoms with Crippen molar-refractivity contribution >= 4 is 28.3 Å². The minimum absolute atomic E-state index is 0.102. The number of hydrogen-bond donors (Lipinski definition) is 1. The molecule has 1 fully saturated rings. The number of benzene rings is 1. The van der Waals surface area contributed by atoms with E-state index in [4.69, 9.17) is 0 Å². The summed E-state index contributed by atoms with van der Waals surface area (Å²) in [6.45, 7) is 1.90. The van der Waals surface area contributed by atoms with Gasteiger partial charge in [0.15, 0.2) is 5.13 Å². The van der Waals surface area contributed by atoms with Gasteiger partial charge in [-0.05, 0) is 24.6 Å². The summed E-state index contributed by atoms with van der Waals surface area (Å²) in [6.07, 6.45) is 1.82. The summed E-state index contributed by atoms with van der Waals surface area (Å²) in [5, 5.41) is 3.29.